The third kappa shape index (κ3) is 6.51. The Kier molecular flexibility index (Phi) is 8.92. The zero-order chi connectivity index (χ0) is 24.3. The number of carbonyl (C=O) groups is 3. The van der Waals surface area contributed by atoms with E-state index in [4.69, 9.17) is 5.73 Å². The van der Waals surface area contributed by atoms with Crippen molar-refractivity contribution in [3.63, 3.8) is 0 Å². The second-order valence-corrected chi connectivity index (χ2v) is 8.13. The van der Waals surface area contributed by atoms with Crippen LogP contribution in [0.5, 0.6) is 0 Å². The Morgan fingerprint density at radius 1 is 0.882 bits per heavy atom. The van der Waals surface area contributed by atoms with Crippen molar-refractivity contribution in [2.45, 2.75) is 32.1 Å². The second kappa shape index (κ2) is 12.3. The van der Waals surface area contributed by atoms with Gasteiger partial charge in [-0.15, -0.1) is 0 Å². The zero-order valence-electron chi connectivity index (χ0n) is 19.4. The van der Waals surface area contributed by atoms with Gasteiger partial charge < -0.3 is 11.1 Å². The largest absolute Gasteiger partial charge is 0.366 e. The van der Waals surface area contributed by atoms with E-state index in [1.54, 1.807) is 36.4 Å². The summed E-state index contributed by atoms with van der Waals surface area (Å²) >= 11 is 0. The molecule has 5 nitrogen and oxygen atoms in total. The molecule has 0 spiro atoms. The van der Waals surface area contributed by atoms with E-state index in [-0.39, 0.29) is 18.2 Å². The number of nitrogens with one attached hydrogen (secondary N) is 1. The fourth-order valence-corrected chi connectivity index (χ4v) is 3.91. The van der Waals surface area contributed by atoms with Gasteiger partial charge in [-0.1, -0.05) is 92.6 Å². The van der Waals surface area contributed by atoms with E-state index in [1.165, 1.54) is 0 Å². The number of carbonyl (C=O) groups excluding carboxylic acids is 3. The number of Topliss-reactive ketones (excluding diaryl/α,β-unsaturated/α-hetero) is 1. The Labute approximate surface area is 200 Å². The summed E-state index contributed by atoms with van der Waals surface area (Å²) in [6.07, 6.45) is 6.13. The average Bonchev–Trinajstić information content (AvgIpc) is 2.87. The molecule has 0 aliphatic heterocycles. The highest BCUT2D eigenvalue weighted by Gasteiger charge is 2.24. The lowest BCUT2D eigenvalue weighted by Gasteiger charge is -2.20. The van der Waals surface area contributed by atoms with Crippen LogP contribution in [0.15, 0.2) is 78.9 Å². The van der Waals surface area contributed by atoms with Gasteiger partial charge in [0.15, 0.2) is 5.78 Å². The fourth-order valence-electron chi connectivity index (χ4n) is 3.91. The average molecular weight is 455 g/mol. The Bertz CT molecular complexity index is 1150. The number of hydrogen-bond acceptors (Lipinski definition) is 3. The van der Waals surface area contributed by atoms with Gasteiger partial charge in [-0.25, -0.2) is 0 Å². The number of ketones is 1. The predicted octanol–water partition coefficient (Wildman–Crippen LogP) is 5.23. The molecule has 0 heterocycles. The molecule has 0 aromatic heterocycles. The summed E-state index contributed by atoms with van der Waals surface area (Å²) in [5, 5.41) is 2.74. The highest BCUT2D eigenvalue weighted by molar-refractivity contribution is 6.01. The van der Waals surface area contributed by atoms with Crippen molar-refractivity contribution in [2.75, 3.05) is 6.54 Å². The topological polar surface area (TPSA) is 89.3 Å². The number of nitrogens with two attached hydrogens (primary N) is 1. The maximum Gasteiger partial charge on any atom is 0.251 e. The molecule has 3 rings (SSSR count). The predicted molar refractivity (Wildman–Crippen MR) is 136 cm³/mol. The normalized spacial score (nSPS) is 11.8. The highest BCUT2D eigenvalue weighted by Crippen LogP contribution is 2.30. The summed E-state index contributed by atoms with van der Waals surface area (Å²) < 4.78 is 0. The molecule has 0 radical (unpaired) electrons. The van der Waals surface area contributed by atoms with Gasteiger partial charge in [-0.05, 0) is 41.3 Å². The summed E-state index contributed by atoms with van der Waals surface area (Å²) in [7, 11) is 0. The standard InChI is InChI=1S/C29H30N2O3/c1-2-3-15-25(27(32)20-31-29(34)22-13-8-5-9-14-22)23-16-10-17-26(28(30)33)24(23)19-18-21-11-6-4-7-12-21/h4-14,16-19,25H,2-3,15,20H2,1H3,(H2,30,33)(H,31,34)/b19-18+. The van der Waals surface area contributed by atoms with Crippen LogP contribution in [0.3, 0.4) is 0 Å². The number of benzene rings is 3. The van der Waals surface area contributed by atoms with Gasteiger partial charge in [0, 0.05) is 17.0 Å². The molecule has 1 unspecified atom stereocenters. The molecule has 3 aromatic carbocycles. The van der Waals surface area contributed by atoms with Gasteiger partial charge in [0.1, 0.15) is 0 Å². The van der Waals surface area contributed by atoms with E-state index in [0.717, 1.165) is 24.0 Å². The molecule has 0 bridgehead atoms. The van der Waals surface area contributed by atoms with Crippen molar-refractivity contribution in [1.82, 2.24) is 5.32 Å². The first-order valence-corrected chi connectivity index (χ1v) is 11.5. The van der Waals surface area contributed by atoms with E-state index >= 15 is 0 Å². The Morgan fingerprint density at radius 3 is 2.21 bits per heavy atom. The third-order valence-electron chi connectivity index (χ3n) is 5.72. The molecule has 0 fully saturated rings. The molecule has 0 saturated carbocycles. The molecule has 1 atom stereocenters. The Morgan fingerprint density at radius 2 is 1.56 bits per heavy atom. The monoisotopic (exact) mass is 454 g/mol. The molecular formula is C29H30N2O3. The maximum absolute atomic E-state index is 13.3. The molecule has 3 aromatic rings. The maximum atomic E-state index is 13.3. The third-order valence-corrected chi connectivity index (χ3v) is 5.72. The summed E-state index contributed by atoms with van der Waals surface area (Å²) in [6.45, 7) is 1.97. The van der Waals surface area contributed by atoms with Crippen LogP contribution in [0, 0.1) is 0 Å². The van der Waals surface area contributed by atoms with Crippen LogP contribution in [-0.4, -0.2) is 24.1 Å². The number of amides is 2. The lowest BCUT2D eigenvalue weighted by Crippen LogP contribution is -2.32. The van der Waals surface area contributed by atoms with E-state index < -0.39 is 11.8 Å². The number of rotatable bonds is 11. The summed E-state index contributed by atoms with van der Waals surface area (Å²) in [4.78, 5) is 38.0. The smallest absolute Gasteiger partial charge is 0.251 e. The van der Waals surface area contributed by atoms with Gasteiger partial charge in [-0.3, -0.25) is 14.4 Å². The lowest BCUT2D eigenvalue weighted by atomic mass is 9.84. The second-order valence-electron chi connectivity index (χ2n) is 8.13. The van der Waals surface area contributed by atoms with Crippen molar-refractivity contribution in [3.8, 4) is 0 Å². The minimum absolute atomic E-state index is 0.0925. The van der Waals surface area contributed by atoms with Crippen LogP contribution in [0.1, 0.15) is 69.5 Å². The van der Waals surface area contributed by atoms with Crippen molar-refractivity contribution in [3.05, 3.63) is 107 Å². The highest BCUT2D eigenvalue weighted by atomic mass is 16.2. The first kappa shape index (κ1) is 24.6. The Balaban J connectivity index is 1.92. The van der Waals surface area contributed by atoms with Crippen LogP contribution in [0.4, 0.5) is 0 Å². The van der Waals surface area contributed by atoms with Crippen LogP contribution < -0.4 is 11.1 Å². The van der Waals surface area contributed by atoms with Gasteiger partial charge in [0.2, 0.25) is 5.91 Å². The van der Waals surface area contributed by atoms with Gasteiger partial charge in [0.25, 0.3) is 5.91 Å². The van der Waals surface area contributed by atoms with Crippen molar-refractivity contribution < 1.29 is 14.4 Å². The van der Waals surface area contributed by atoms with Crippen molar-refractivity contribution in [1.29, 1.82) is 0 Å². The van der Waals surface area contributed by atoms with E-state index in [9.17, 15) is 14.4 Å². The van der Waals surface area contributed by atoms with E-state index in [1.807, 2.05) is 54.6 Å². The van der Waals surface area contributed by atoms with Gasteiger partial charge in [0.05, 0.1) is 6.54 Å². The summed E-state index contributed by atoms with van der Waals surface area (Å²) in [5.74, 6) is -1.41. The van der Waals surface area contributed by atoms with Gasteiger partial charge in [-0.2, -0.15) is 0 Å². The molecule has 3 N–H and O–H groups in total. The SMILES string of the molecule is CCCCC(C(=O)CNC(=O)c1ccccc1)c1cccc(C(N)=O)c1/C=C/c1ccccc1. The minimum atomic E-state index is -0.548. The number of primary amides is 1. The summed E-state index contributed by atoms with van der Waals surface area (Å²) in [6, 6.07) is 23.8. The van der Waals surface area contributed by atoms with Crippen molar-refractivity contribution >= 4 is 29.7 Å². The number of hydrogen-bond donors (Lipinski definition) is 2. The van der Waals surface area contributed by atoms with Crippen LogP contribution >= 0.6 is 0 Å². The van der Waals surface area contributed by atoms with Crippen molar-refractivity contribution in [2.24, 2.45) is 5.73 Å². The van der Waals surface area contributed by atoms with E-state index in [0.29, 0.717) is 23.1 Å². The van der Waals surface area contributed by atoms with Crippen LogP contribution in [0.25, 0.3) is 12.2 Å². The zero-order valence-corrected chi connectivity index (χ0v) is 19.4. The number of unbranched alkanes of at least 4 members (excludes halogenated alkanes) is 1. The van der Waals surface area contributed by atoms with Gasteiger partial charge >= 0.3 is 0 Å². The molecule has 0 aliphatic rings. The molecule has 5 heteroatoms. The molecule has 0 aliphatic carbocycles. The quantitative estimate of drug-likeness (QED) is 0.389. The van der Waals surface area contributed by atoms with E-state index in [2.05, 4.69) is 12.2 Å². The van der Waals surface area contributed by atoms with Crippen LogP contribution in [0.2, 0.25) is 0 Å². The fraction of sp³-hybridized carbons (Fsp3) is 0.207. The van der Waals surface area contributed by atoms with Crippen LogP contribution in [-0.2, 0) is 4.79 Å². The molecule has 34 heavy (non-hydrogen) atoms. The molecule has 174 valence electrons. The lowest BCUT2D eigenvalue weighted by molar-refractivity contribution is -0.119. The first-order chi connectivity index (χ1) is 16.5. The first-order valence-electron chi connectivity index (χ1n) is 11.5. The Hall–Kier alpha value is -3.99. The summed E-state index contributed by atoms with van der Waals surface area (Å²) in [5.41, 5.74) is 8.91. The molecule has 0 saturated heterocycles. The molecule has 2 amide bonds. The minimum Gasteiger partial charge on any atom is -0.366 e. The molecular weight excluding hydrogens is 424 g/mol.